The van der Waals surface area contributed by atoms with Crippen LogP contribution in [0.25, 0.3) is 0 Å². The lowest BCUT2D eigenvalue weighted by molar-refractivity contribution is 0.0700. The Bertz CT molecular complexity index is 464. The molecule has 18 heavy (non-hydrogen) atoms. The van der Waals surface area contributed by atoms with Gasteiger partial charge < -0.3 is 10.0 Å². The molecule has 98 valence electrons. The number of carbonyl (C=O) groups is 1. The molecule has 2 fully saturated rings. The van der Waals surface area contributed by atoms with E-state index in [-0.39, 0.29) is 0 Å². The first-order valence-electron chi connectivity index (χ1n) is 6.60. The molecule has 1 aromatic rings. The van der Waals surface area contributed by atoms with Crippen LogP contribution in [0.2, 0.25) is 0 Å². The molecule has 1 heterocycles. The van der Waals surface area contributed by atoms with E-state index in [1.54, 1.807) is 0 Å². The summed E-state index contributed by atoms with van der Waals surface area (Å²) in [5.74, 6) is 0.354. The van der Waals surface area contributed by atoms with E-state index in [0.29, 0.717) is 10.8 Å². The van der Waals surface area contributed by atoms with Crippen LogP contribution in [0, 0.1) is 5.92 Å². The Balaban J connectivity index is 1.78. The maximum atomic E-state index is 11.2. The summed E-state index contributed by atoms with van der Waals surface area (Å²) in [5, 5.41) is 10.1. The van der Waals surface area contributed by atoms with Crippen molar-refractivity contribution in [1.82, 2.24) is 4.98 Å². The van der Waals surface area contributed by atoms with E-state index >= 15 is 0 Å². The number of hydrogen-bond acceptors (Lipinski definition) is 4. The highest BCUT2D eigenvalue weighted by molar-refractivity contribution is 7.17. The maximum absolute atomic E-state index is 11.2. The number of aromatic nitrogens is 1. The number of carboxylic acids is 1. The number of hydrogen-bond donors (Lipinski definition) is 1. The third-order valence-corrected chi connectivity index (χ3v) is 5.06. The van der Waals surface area contributed by atoms with Crippen molar-refractivity contribution in [2.75, 3.05) is 18.5 Å². The van der Waals surface area contributed by atoms with Gasteiger partial charge in [0, 0.05) is 19.5 Å². The van der Waals surface area contributed by atoms with Gasteiger partial charge in [0.05, 0.1) is 5.69 Å². The van der Waals surface area contributed by atoms with Gasteiger partial charge in [-0.15, -0.1) is 0 Å². The number of thiazole rings is 1. The van der Waals surface area contributed by atoms with Gasteiger partial charge in [0.1, 0.15) is 4.88 Å². The van der Waals surface area contributed by atoms with Gasteiger partial charge in [-0.1, -0.05) is 17.8 Å². The van der Waals surface area contributed by atoms with Crippen LogP contribution in [0.1, 0.15) is 53.4 Å². The number of rotatable bonds is 5. The van der Waals surface area contributed by atoms with Crippen molar-refractivity contribution in [3.05, 3.63) is 10.6 Å². The van der Waals surface area contributed by atoms with Crippen LogP contribution < -0.4 is 4.90 Å². The van der Waals surface area contributed by atoms with Gasteiger partial charge in [0.2, 0.25) is 0 Å². The zero-order chi connectivity index (χ0) is 12.7. The monoisotopic (exact) mass is 266 g/mol. The Kier molecular flexibility index (Phi) is 3.01. The normalized spacial score (nSPS) is 19.6. The molecule has 2 saturated carbocycles. The summed E-state index contributed by atoms with van der Waals surface area (Å²) < 4.78 is 0. The molecular weight excluding hydrogens is 248 g/mol. The second-order valence-corrected chi connectivity index (χ2v) is 6.45. The first kappa shape index (κ1) is 12.0. The largest absolute Gasteiger partial charge is 0.477 e. The zero-order valence-electron chi connectivity index (χ0n) is 10.6. The molecule has 2 aliphatic carbocycles. The minimum absolute atomic E-state index is 0.401. The first-order chi connectivity index (χ1) is 8.65. The van der Waals surface area contributed by atoms with Gasteiger partial charge in [0.15, 0.2) is 5.13 Å². The van der Waals surface area contributed by atoms with E-state index in [1.165, 1.54) is 30.6 Å². The SMILES string of the molecule is CN(CC1CCC1)c1nc(C2CC2)c(C(=O)O)s1. The van der Waals surface area contributed by atoms with Crippen molar-refractivity contribution in [3.63, 3.8) is 0 Å². The summed E-state index contributed by atoms with van der Waals surface area (Å²) in [6, 6.07) is 0. The van der Waals surface area contributed by atoms with Crippen LogP contribution in [0.3, 0.4) is 0 Å². The Morgan fingerprint density at radius 3 is 2.67 bits per heavy atom. The summed E-state index contributed by atoms with van der Waals surface area (Å²) >= 11 is 1.34. The highest BCUT2D eigenvalue weighted by Crippen LogP contribution is 2.44. The van der Waals surface area contributed by atoms with E-state index in [9.17, 15) is 9.90 Å². The third kappa shape index (κ3) is 2.23. The Hall–Kier alpha value is -1.10. The lowest BCUT2D eigenvalue weighted by atomic mass is 9.85. The summed E-state index contributed by atoms with van der Waals surface area (Å²) in [6.45, 7) is 1.01. The van der Waals surface area contributed by atoms with Crippen LogP contribution in [0.4, 0.5) is 5.13 Å². The summed E-state index contributed by atoms with van der Waals surface area (Å²) in [5.41, 5.74) is 0.822. The molecule has 5 heteroatoms. The molecular formula is C13H18N2O2S. The molecule has 1 N–H and O–H groups in total. The molecule has 0 aliphatic heterocycles. The van der Waals surface area contributed by atoms with E-state index in [0.717, 1.165) is 36.1 Å². The molecule has 0 aromatic carbocycles. The zero-order valence-corrected chi connectivity index (χ0v) is 11.4. The number of aromatic carboxylic acids is 1. The fourth-order valence-electron chi connectivity index (χ4n) is 2.41. The van der Waals surface area contributed by atoms with Crippen molar-refractivity contribution in [2.45, 2.75) is 38.0 Å². The molecule has 4 nitrogen and oxygen atoms in total. The molecule has 0 atom stereocenters. The van der Waals surface area contributed by atoms with E-state index in [4.69, 9.17) is 0 Å². The highest BCUT2D eigenvalue weighted by Gasteiger charge is 2.33. The second-order valence-electron chi connectivity index (χ2n) is 5.47. The smallest absolute Gasteiger partial charge is 0.347 e. The number of anilines is 1. The van der Waals surface area contributed by atoms with Crippen molar-refractivity contribution < 1.29 is 9.90 Å². The predicted octanol–water partition coefficient (Wildman–Crippen LogP) is 2.96. The molecule has 0 saturated heterocycles. The molecule has 0 bridgehead atoms. The molecule has 0 spiro atoms. The van der Waals surface area contributed by atoms with Gasteiger partial charge in [0.25, 0.3) is 0 Å². The lowest BCUT2D eigenvalue weighted by Gasteiger charge is -2.29. The third-order valence-electron chi connectivity index (χ3n) is 3.88. The van der Waals surface area contributed by atoms with E-state index in [2.05, 4.69) is 9.88 Å². The molecule has 0 amide bonds. The van der Waals surface area contributed by atoms with Crippen molar-refractivity contribution in [2.24, 2.45) is 5.92 Å². The average molecular weight is 266 g/mol. The average Bonchev–Trinajstić information content (AvgIpc) is 3.02. The van der Waals surface area contributed by atoms with Gasteiger partial charge in [-0.05, 0) is 31.6 Å². The van der Waals surface area contributed by atoms with Crippen molar-refractivity contribution in [3.8, 4) is 0 Å². The lowest BCUT2D eigenvalue weighted by Crippen LogP contribution is -2.29. The number of carboxylic acid groups (broad SMARTS) is 1. The molecule has 2 aliphatic rings. The number of nitrogens with zero attached hydrogens (tertiary/aromatic N) is 2. The minimum atomic E-state index is -0.822. The second kappa shape index (κ2) is 4.53. The van der Waals surface area contributed by atoms with Gasteiger partial charge in [-0.3, -0.25) is 0 Å². The van der Waals surface area contributed by atoms with E-state index in [1.807, 2.05) is 7.05 Å². The Labute approximate surface area is 111 Å². The summed E-state index contributed by atoms with van der Waals surface area (Å²) in [4.78, 5) is 18.4. The van der Waals surface area contributed by atoms with Gasteiger partial charge in [-0.2, -0.15) is 0 Å². The van der Waals surface area contributed by atoms with Crippen LogP contribution in [-0.2, 0) is 0 Å². The van der Waals surface area contributed by atoms with Crippen LogP contribution in [-0.4, -0.2) is 29.7 Å². The molecule has 0 radical (unpaired) electrons. The van der Waals surface area contributed by atoms with Crippen LogP contribution >= 0.6 is 11.3 Å². The van der Waals surface area contributed by atoms with Gasteiger partial charge in [-0.25, -0.2) is 9.78 Å². The minimum Gasteiger partial charge on any atom is -0.477 e. The molecule has 1 aromatic heterocycles. The molecule has 3 rings (SSSR count). The standard InChI is InChI=1S/C13H18N2O2S/c1-15(7-8-3-2-4-8)13-14-10(9-5-6-9)11(18-13)12(16)17/h8-9H,2-7H2,1H3,(H,16,17). The fourth-order valence-corrected chi connectivity index (χ4v) is 3.37. The summed E-state index contributed by atoms with van der Waals surface area (Å²) in [6.07, 6.45) is 6.13. The summed E-state index contributed by atoms with van der Waals surface area (Å²) in [7, 11) is 2.03. The van der Waals surface area contributed by atoms with Crippen LogP contribution in [0.5, 0.6) is 0 Å². The van der Waals surface area contributed by atoms with Gasteiger partial charge >= 0.3 is 5.97 Å². The van der Waals surface area contributed by atoms with Crippen LogP contribution in [0.15, 0.2) is 0 Å². The fraction of sp³-hybridized carbons (Fsp3) is 0.692. The highest BCUT2D eigenvalue weighted by atomic mass is 32.1. The first-order valence-corrected chi connectivity index (χ1v) is 7.42. The Morgan fingerprint density at radius 2 is 2.17 bits per heavy atom. The predicted molar refractivity (Wildman–Crippen MR) is 71.7 cm³/mol. The van der Waals surface area contributed by atoms with E-state index < -0.39 is 5.97 Å². The quantitative estimate of drug-likeness (QED) is 0.890. The maximum Gasteiger partial charge on any atom is 0.347 e. The topological polar surface area (TPSA) is 53.4 Å². The molecule has 0 unspecified atom stereocenters. The van der Waals surface area contributed by atoms with Crippen molar-refractivity contribution in [1.29, 1.82) is 0 Å². The van der Waals surface area contributed by atoms with Crippen molar-refractivity contribution >= 4 is 22.4 Å². The Morgan fingerprint density at radius 1 is 1.44 bits per heavy atom.